The summed E-state index contributed by atoms with van der Waals surface area (Å²) in [7, 11) is -3.86. The smallest absolute Gasteiger partial charge is 0.261 e. The minimum atomic E-state index is -3.86. The van der Waals surface area contributed by atoms with E-state index in [1.54, 1.807) is 12.1 Å². The summed E-state index contributed by atoms with van der Waals surface area (Å²) in [6.45, 7) is 2.04. The van der Waals surface area contributed by atoms with Crippen LogP contribution >= 0.6 is 11.6 Å². The first-order chi connectivity index (χ1) is 14.3. The molecule has 0 saturated carbocycles. The van der Waals surface area contributed by atoms with Gasteiger partial charge in [0.25, 0.3) is 10.0 Å². The molecule has 0 bridgehead atoms. The molecule has 1 aromatic heterocycles. The lowest BCUT2D eigenvalue weighted by Gasteiger charge is -2.09. The zero-order valence-electron chi connectivity index (χ0n) is 16.1. The van der Waals surface area contributed by atoms with Crippen molar-refractivity contribution < 1.29 is 12.8 Å². The minimum absolute atomic E-state index is 0.0990. The number of sulfonamides is 1. The molecule has 1 heterocycles. The van der Waals surface area contributed by atoms with E-state index >= 15 is 0 Å². The molecule has 2 N–H and O–H groups in total. The standard InChI is InChI=1S/C22H19ClFN3O2S/c1-14-2-10-20-21(12-14)26-22(25-20)11-5-15-3-6-16(7-4-15)27-30(28,29)17-8-9-19(24)18(23)13-17/h2-4,6-10,12-13,27H,5,11H2,1H3,(H,25,26). The number of fused-ring (bicyclic) bond motifs is 1. The summed E-state index contributed by atoms with van der Waals surface area (Å²) in [5, 5.41) is -0.242. The van der Waals surface area contributed by atoms with Crippen LogP contribution in [0.5, 0.6) is 0 Å². The SMILES string of the molecule is Cc1ccc2nc(CCc3ccc(NS(=O)(=O)c4ccc(F)c(Cl)c4)cc3)[nH]c2c1. The number of hydrogen-bond donors (Lipinski definition) is 2. The lowest BCUT2D eigenvalue weighted by atomic mass is 10.1. The van der Waals surface area contributed by atoms with Gasteiger partial charge >= 0.3 is 0 Å². The normalized spacial score (nSPS) is 11.7. The van der Waals surface area contributed by atoms with Gasteiger partial charge in [-0.15, -0.1) is 0 Å². The number of anilines is 1. The van der Waals surface area contributed by atoms with Crippen molar-refractivity contribution in [3.63, 3.8) is 0 Å². The third-order valence-electron chi connectivity index (χ3n) is 4.74. The molecule has 0 radical (unpaired) electrons. The maximum absolute atomic E-state index is 13.3. The van der Waals surface area contributed by atoms with Crippen LogP contribution in [0.2, 0.25) is 5.02 Å². The fraction of sp³-hybridized carbons (Fsp3) is 0.136. The second kappa shape index (κ2) is 8.08. The van der Waals surface area contributed by atoms with Crippen molar-refractivity contribution in [2.45, 2.75) is 24.7 Å². The van der Waals surface area contributed by atoms with Crippen molar-refractivity contribution in [3.8, 4) is 0 Å². The van der Waals surface area contributed by atoms with Crippen molar-refractivity contribution in [1.82, 2.24) is 9.97 Å². The lowest BCUT2D eigenvalue weighted by molar-refractivity contribution is 0.599. The number of nitrogens with zero attached hydrogens (tertiary/aromatic N) is 1. The van der Waals surface area contributed by atoms with E-state index in [-0.39, 0.29) is 9.92 Å². The fourth-order valence-corrected chi connectivity index (χ4v) is 4.48. The zero-order valence-corrected chi connectivity index (χ0v) is 17.7. The number of aromatic nitrogens is 2. The average Bonchev–Trinajstić information content (AvgIpc) is 3.11. The van der Waals surface area contributed by atoms with Crippen molar-refractivity contribution in [3.05, 3.63) is 88.5 Å². The molecule has 8 heteroatoms. The van der Waals surface area contributed by atoms with E-state index in [1.807, 2.05) is 31.2 Å². The summed E-state index contributed by atoms with van der Waals surface area (Å²) in [6.07, 6.45) is 1.51. The Morgan fingerprint density at radius 2 is 1.80 bits per heavy atom. The summed E-state index contributed by atoms with van der Waals surface area (Å²) in [6, 6.07) is 16.5. The molecular weight excluding hydrogens is 425 g/mol. The first kappa shape index (κ1) is 20.4. The van der Waals surface area contributed by atoms with Crippen LogP contribution in [0.4, 0.5) is 10.1 Å². The third kappa shape index (κ3) is 4.47. The Kier molecular flexibility index (Phi) is 5.49. The molecule has 0 spiro atoms. The number of H-pyrrole nitrogens is 1. The van der Waals surface area contributed by atoms with Gasteiger partial charge in [-0.25, -0.2) is 17.8 Å². The second-order valence-corrected chi connectivity index (χ2v) is 9.17. The van der Waals surface area contributed by atoms with E-state index in [0.717, 1.165) is 47.4 Å². The highest BCUT2D eigenvalue weighted by atomic mass is 35.5. The number of hydrogen-bond acceptors (Lipinski definition) is 3. The van der Waals surface area contributed by atoms with Crippen LogP contribution < -0.4 is 4.72 Å². The molecule has 0 atom stereocenters. The minimum Gasteiger partial charge on any atom is -0.342 e. The van der Waals surface area contributed by atoms with Gasteiger partial charge in [-0.05, 0) is 66.9 Å². The predicted octanol–water partition coefficient (Wildman–Crippen LogP) is 5.25. The van der Waals surface area contributed by atoms with Crippen LogP contribution in [0, 0.1) is 12.7 Å². The van der Waals surface area contributed by atoms with Crippen LogP contribution in [-0.2, 0) is 22.9 Å². The van der Waals surface area contributed by atoms with Crippen LogP contribution in [0.3, 0.4) is 0 Å². The van der Waals surface area contributed by atoms with Gasteiger partial charge in [-0.1, -0.05) is 29.8 Å². The van der Waals surface area contributed by atoms with E-state index in [9.17, 15) is 12.8 Å². The van der Waals surface area contributed by atoms with E-state index in [4.69, 9.17) is 11.6 Å². The Labute approximate surface area is 179 Å². The van der Waals surface area contributed by atoms with Crippen molar-refractivity contribution in [1.29, 1.82) is 0 Å². The van der Waals surface area contributed by atoms with Gasteiger partial charge in [0.05, 0.1) is 21.0 Å². The molecule has 154 valence electrons. The first-order valence-electron chi connectivity index (χ1n) is 9.32. The van der Waals surface area contributed by atoms with Crippen LogP contribution in [0.15, 0.2) is 65.6 Å². The Hall–Kier alpha value is -2.90. The summed E-state index contributed by atoms with van der Waals surface area (Å²) in [4.78, 5) is 7.83. The third-order valence-corrected chi connectivity index (χ3v) is 6.41. The molecule has 0 aliphatic carbocycles. The van der Waals surface area contributed by atoms with E-state index in [0.29, 0.717) is 5.69 Å². The molecule has 3 aromatic carbocycles. The van der Waals surface area contributed by atoms with Crippen molar-refractivity contribution in [2.24, 2.45) is 0 Å². The molecule has 4 rings (SSSR count). The Bertz CT molecular complexity index is 1320. The quantitative estimate of drug-likeness (QED) is 0.427. The molecular formula is C22H19ClFN3O2S. The van der Waals surface area contributed by atoms with E-state index < -0.39 is 15.8 Å². The number of imidazole rings is 1. The molecule has 0 aliphatic heterocycles. The van der Waals surface area contributed by atoms with Gasteiger partial charge in [0.15, 0.2) is 0 Å². The molecule has 30 heavy (non-hydrogen) atoms. The van der Waals surface area contributed by atoms with Gasteiger partial charge in [-0.3, -0.25) is 4.72 Å². The monoisotopic (exact) mass is 443 g/mol. The number of aryl methyl sites for hydroxylation is 3. The number of nitrogens with one attached hydrogen (secondary N) is 2. The number of aromatic amines is 1. The summed E-state index contributed by atoms with van der Waals surface area (Å²) in [5.41, 5.74) is 4.62. The highest BCUT2D eigenvalue weighted by molar-refractivity contribution is 7.92. The average molecular weight is 444 g/mol. The lowest BCUT2D eigenvalue weighted by Crippen LogP contribution is -2.13. The van der Waals surface area contributed by atoms with Crippen LogP contribution in [0.1, 0.15) is 17.0 Å². The number of halogens is 2. The number of rotatable bonds is 6. The Balaban J connectivity index is 1.42. The van der Waals surface area contributed by atoms with Crippen LogP contribution in [-0.4, -0.2) is 18.4 Å². The van der Waals surface area contributed by atoms with Gasteiger partial charge in [0.1, 0.15) is 11.6 Å². The highest BCUT2D eigenvalue weighted by Gasteiger charge is 2.16. The predicted molar refractivity (Wildman–Crippen MR) is 117 cm³/mol. The summed E-state index contributed by atoms with van der Waals surface area (Å²) < 4.78 is 40.7. The van der Waals surface area contributed by atoms with E-state index in [2.05, 4.69) is 20.8 Å². The molecule has 5 nitrogen and oxygen atoms in total. The molecule has 4 aromatic rings. The molecule has 0 saturated heterocycles. The highest BCUT2D eigenvalue weighted by Crippen LogP contribution is 2.22. The maximum Gasteiger partial charge on any atom is 0.261 e. The summed E-state index contributed by atoms with van der Waals surface area (Å²) in [5.74, 6) is 0.244. The molecule has 0 amide bonds. The van der Waals surface area contributed by atoms with Crippen molar-refractivity contribution in [2.75, 3.05) is 4.72 Å². The Morgan fingerprint density at radius 1 is 1.03 bits per heavy atom. The van der Waals surface area contributed by atoms with Crippen molar-refractivity contribution >= 4 is 38.3 Å². The van der Waals surface area contributed by atoms with Gasteiger partial charge < -0.3 is 4.98 Å². The fourth-order valence-electron chi connectivity index (χ4n) is 3.15. The molecule has 0 unspecified atom stereocenters. The maximum atomic E-state index is 13.3. The molecule has 0 fully saturated rings. The zero-order chi connectivity index (χ0) is 21.3. The largest absolute Gasteiger partial charge is 0.342 e. The second-order valence-electron chi connectivity index (χ2n) is 7.08. The van der Waals surface area contributed by atoms with Gasteiger partial charge in [-0.2, -0.15) is 0 Å². The van der Waals surface area contributed by atoms with Gasteiger partial charge in [0, 0.05) is 12.1 Å². The first-order valence-corrected chi connectivity index (χ1v) is 11.2. The topological polar surface area (TPSA) is 74.8 Å². The van der Waals surface area contributed by atoms with Gasteiger partial charge in [0.2, 0.25) is 0 Å². The van der Waals surface area contributed by atoms with E-state index in [1.165, 1.54) is 11.6 Å². The van der Waals surface area contributed by atoms with Crippen LogP contribution in [0.25, 0.3) is 11.0 Å². The Morgan fingerprint density at radius 3 is 2.53 bits per heavy atom. The number of benzene rings is 3. The molecule has 0 aliphatic rings. The summed E-state index contributed by atoms with van der Waals surface area (Å²) >= 11 is 5.69.